The maximum atomic E-state index is 9.56. The molecule has 1 rings (SSSR count). The van der Waals surface area contributed by atoms with Crippen LogP contribution in [-0.4, -0.2) is 17.8 Å². The van der Waals surface area contributed by atoms with Crippen molar-refractivity contribution in [3.05, 3.63) is 23.7 Å². The van der Waals surface area contributed by atoms with Crippen LogP contribution in [0.2, 0.25) is 0 Å². The molecule has 0 amide bonds. The predicted octanol–water partition coefficient (Wildman–Crippen LogP) is 2.05. The van der Waals surface area contributed by atoms with Crippen molar-refractivity contribution in [2.45, 2.75) is 33.0 Å². The minimum Gasteiger partial charge on any atom is -0.464 e. The fourth-order valence-corrected chi connectivity index (χ4v) is 0.998. The number of rotatable bonds is 4. The zero-order valence-electron chi connectivity index (χ0n) is 8.28. The molecule has 0 saturated carbocycles. The summed E-state index contributed by atoms with van der Waals surface area (Å²) in [4.78, 5) is 0. The van der Waals surface area contributed by atoms with E-state index < -0.39 is 6.10 Å². The van der Waals surface area contributed by atoms with Gasteiger partial charge in [-0.1, -0.05) is 0 Å². The smallest absolute Gasteiger partial charge is 0.135 e. The fraction of sp³-hybridized carbons (Fsp3) is 0.600. The molecule has 3 nitrogen and oxygen atoms in total. The molecule has 74 valence electrons. The first kappa shape index (κ1) is 10.3. The van der Waals surface area contributed by atoms with Crippen molar-refractivity contribution in [1.29, 1.82) is 0 Å². The summed E-state index contributed by atoms with van der Waals surface area (Å²) in [5.41, 5.74) is 0. The molecule has 0 radical (unpaired) electrons. The van der Waals surface area contributed by atoms with Crippen molar-refractivity contribution in [2.75, 3.05) is 6.61 Å². The lowest BCUT2D eigenvalue weighted by Crippen LogP contribution is -2.11. The first-order valence-corrected chi connectivity index (χ1v) is 4.45. The first-order chi connectivity index (χ1) is 6.09. The average molecular weight is 184 g/mol. The Balaban J connectivity index is 2.44. The van der Waals surface area contributed by atoms with Crippen molar-refractivity contribution in [3.8, 4) is 0 Å². The zero-order valence-corrected chi connectivity index (χ0v) is 8.28. The van der Waals surface area contributed by atoms with Crippen LogP contribution in [0.3, 0.4) is 0 Å². The van der Waals surface area contributed by atoms with Crippen LogP contribution >= 0.6 is 0 Å². The van der Waals surface area contributed by atoms with Gasteiger partial charge >= 0.3 is 0 Å². The van der Waals surface area contributed by atoms with E-state index >= 15 is 0 Å². The summed E-state index contributed by atoms with van der Waals surface area (Å²) in [6, 6.07) is 3.59. The van der Waals surface area contributed by atoms with Gasteiger partial charge in [-0.2, -0.15) is 0 Å². The highest BCUT2D eigenvalue weighted by Crippen LogP contribution is 2.16. The fourth-order valence-electron chi connectivity index (χ4n) is 0.998. The summed E-state index contributed by atoms with van der Waals surface area (Å²) in [7, 11) is 0. The Labute approximate surface area is 78.3 Å². The predicted molar refractivity (Wildman–Crippen MR) is 49.5 cm³/mol. The molecule has 1 unspecified atom stereocenters. The highest BCUT2D eigenvalue weighted by Gasteiger charge is 2.11. The Morgan fingerprint density at radius 2 is 2.15 bits per heavy atom. The van der Waals surface area contributed by atoms with Crippen LogP contribution in [0.4, 0.5) is 0 Å². The molecule has 0 fully saturated rings. The largest absolute Gasteiger partial charge is 0.464 e. The van der Waals surface area contributed by atoms with E-state index in [1.165, 1.54) is 0 Å². The van der Waals surface area contributed by atoms with Crippen LogP contribution < -0.4 is 0 Å². The lowest BCUT2D eigenvalue weighted by molar-refractivity contribution is -0.00371. The number of ether oxygens (including phenoxy) is 1. The topological polar surface area (TPSA) is 42.6 Å². The summed E-state index contributed by atoms with van der Waals surface area (Å²) in [6.45, 7) is 5.99. The summed E-state index contributed by atoms with van der Waals surface area (Å²) in [5.74, 6) is 1.37. The van der Waals surface area contributed by atoms with E-state index in [1.807, 2.05) is 26.8 Å². The number of hydrogen-bond acceptors (Lipinski definition) is 3. The molecule has 0 spiro atoms. The van der Waals surface area contributed by atoms with E-state index in [9.17, 15) is 5.11 Å². The molecule has 1 N–H and O–H groups in total. The van der Waals surface area contributed by atoms with E-state index in [0.717, 1.165) is 5.76 Å². The molecule has 0 aromatic carbocycles. The van der Waals surface area contributed by atoms with Crippen molar-refractivity contribution < 1.29 is 14.3 Å². The van der Waals surface area contributed by atoms with Gasteiger partial charge in [0.05, 0.1) is 12.7 Å². The lowest BCUT2D eigenvalue weighted by atomic mass is 10.3. The van der Waals surface area contributed by atoms with Crippen LogP contribution in [-0.2, 0) is 4.74 Å². The molecular formula is C10H16O3. The van der Waals surface area contributed by atoms with Crippen LogP contribution in [0.25, 0.3) is 0 Å². The maximum Gasteiger partial charge on any atom is 0.135 e. The number of hydrogen-bond donors (Lipinski definition) is 1. The number of aliphatic hydroxyl groups excluding tert-OH is 1. The molecule has 1 heterocycles. The van der Waals surface area contributed by atoms with Gasteiger partial charge in [-0.25, -0.2) is 0 Å². The van der Waals surface area contributed by atoms with Crippen molar-refractivity contribution in [2.24, 2.45) is 0 Å². The van der Waals surface area contributed by atoms with Crippen LogP contribution in [0.1, 0.15) is 31.5 Å². The molecule has 0 aliphatic heterocycles. The molecule has 1 atom stereocenters. The van der Waals surface area contributed by atoms with Crippen molar-refractivity contribution in [1.82, 2.24) is 0 Å². The number of aryl methyl sites for hydroxylation is 1. The van der Waals surface area contributed by atoms with Crippen LogP contribution in [0, 0.1) is 6.92 Å². The Hall–Kier alpha value is -0.800. The lowest BCUT2D eigenvalue weighted by Gasteiger charge is -2.11. The Kier molecular flexibility index (Phi) is 3.51. The summed E-state index contributed by atoms with van der Waals surface area (Å²) in [5, 5.41) is 9.56. The Morgan fingerprint density at radius 3 is 2.62 bits per heavy atom. The third-order valence-corrected chi connectivity index (χ3v) is 1.68. The van der Waals surface area contributed by atoms with Crippen LogP contribution in [0.5, 0.6) is 0 Å². The maximum absolute atomic E-state index is 9.56. The second-order valence-corrected chi connectivity index (χ2v) is 3.35. The highest BCUT2D eigenvalue weighted by atomic mass is 16.5. The minimum absolute atomic E-state index is 0.130. The third-order valence-electron chi connectivity index (χ3n) is 1.68. The minimum atomic E-state index is -0.656. The van der Waals surface area contributed by atoms with Gasteiger partial charge < -0.3 is 14.3 Å². The third kappa shape index (κ3) is 3.20. The first-order valence-electron chi connectivity index (χ1n) is 4.45. The summed E-state index contributed by atoms with van der Waals surface area (Å²) in [6.07, 6.45) is -0.526. The van der Waals surface area contributed by atoms with E-state index in [4.69, 9.17) is 9.15 Å². The molecule has 1 aromatic heterocycles. The van der Waals surface area contributed by atoms with Crippen LogP contribution in [0.15, 0.2) is 16.5 Å². The molecule has 1 aromatic rings. The van der Waals surface area contributed by atoms with E-state index in [-0.39, 0.29) is 12.7 Å². The SMILES string of the molecule is Cc1ccc(C(O)COC(C)C)o1. The van der Waals surface area contributed by atoms with Gasteiger partial charge in [0.25, 0.3) is 0 Å². The van der Waals surface area contributed by atoms with Gasteiger partial charge in [-0.15, -0.1) is 0 Å². The molecule has 3 heteroatoms. The van der Waals surface area contributed by atoms with E-state index in [2.05, 4.69) is 0 Å². The summed E-state index contributed by atoms with van der Waals surface area (Å²) >= 11 is 0. The molecule has 0 aliphatic carbocycles. The quantitative estimate of drug-likeness (QED) is 0.778. The van der Waals surface area contributed by atoms with Gasteiger partial charge in [0.2, 0.25) is 0 Å². The molecular weight excluding hydrogens is 168 g/mol. The van der Waals surface area contributed by atoms with Gasteiger partial charge in [-0.05, 0) is 32.9 Å². The van der Waals surface area contributed by atoms with Crippen molar-refractivity contribution >= 4 is 0 Å². The Bertz CT molecular complexity index is 252. The molecule has 0 aliphatic rings. The standard InChI is InChI=1S/C10H16O3/c1-7(2)12-6-9(11)10-5-4-8(3)13-10/h4-5,7,9,11H,6H2,1-3H3. The summed E-state index contributed by atoms with van der Waals surface area (Å²) < 4.78 is 10.5. The molecule has 0 saturated heterocycles. The number of furan rings is 1. The molecule has 13 heavy (non-hydrogen) atoms. The van der Waals surface area contributed by atoms with Gasteiger partial charge in [0.15, 0.2) is 0 Å². The van der Waals surface area contributed by atoms with Crippen molar-refractivity contribution in [3.63, 3.8) is 0 Å². The second kappa shape index (κ2) is 4.44. The Morgan fingerprint density at radius 1 is 1.46 bits per heavy atom. The molecule has 0 bridgehead atoms. The van der Waals surface area contributed by atoms with E-state index in [0.29, 0.717) is 5.76 Å². The zero-order chi connectivity index (χ0) is 9.84. The second-order valence-electron chi connectivity index (χ2n) is 3.35. The highest BCUT2D eigenvalue weighted by molar-refractivity contribution is 5.07. The number of aliphatic hydroxyl groups is 1. The normalized spacial score (nSPS) is 13.6. The van der Waals surface area contributed by atoms with Gasteiger partial charge in [0, 0.05) is 0 Å². The average Bonchev–Trinajstić information content (AvgIpc) is 2.47. The van der Waals surface area contributed by atoms with Gasteiger partial charge in [0.1, 0.15) is 17.6 Å². The van der Waals surface area contributed by atoms with Gasteiger partial charge in [-0.3, -0.25) is 0 Å². The van der Waals surface area contributed by atoms with E-state index in [1.54, 1.807) is 6.07 Å². The monoisotopic (exact) mass is 184 g/mol.